The number of hydrogen-bond donors (Lipinski definition) is 0. The Balaban J connectivity index is 1.25. The number of hydrogen-bond acceptors (Lipinski definition) is 5. The van der Waals surface area contributed by atoms with Gasteiger partial charge in [0.05, 0.1) is 28.9 Å². The van der Waals surface area contributed by atoms with E-state index in [9.17, 15) is 9.59 Å². The van der Waals surface area contributed by atoms with Crippen LogP contribution in [0.4, 0.5) is 0 Å². The van der Waals surface area contributed by atoms with Crippen LogP contribution in [0, 0.1) is 6.92 Å². The van der Waals surface area contributed by atoms with Crippen LogP contribution < -0.4 is 0 Å². The van der Waals surface area contributed by atoms with Crippen molar-refractivity contribution in [2.45, 2.75) is 37.2 Å². The third-order valence-electron chi connectivity index (χ3n) is 6.91. The topological polar surface area (TPSA) is 77.3 Å². The molecule has 3 aromatic rings. The number of carbonyl (C=O) groups is 2. The van der Waals surface area contributed by atoms with Crippen LogP contribution in [-0.4, -0.2) is 44.6 Å². The van der Waals surface area contributed by atoms with Crippen molar-refractivity contribution in [3.8, 4) is 5.69 Å². The van der Waals surface area contributed by atoms with E-state index < -0.39 is 11.0 Å². The lowest BCUT2D eigenvalue weighted by Crippen LogP contribution is -2.40. The molecule has 1 atom stereocenters. The second-order valence-electron chi connectivity index (χ2n) is 8.81. The van der Waals surface area contributed by atoms with Gasteiger partial charge in [-0.1, -0.05) is 12.1 Å². The van der Waals surface area contributed by atoms with Gasteiger partial charge in [-0.05, 0) is 49.6 Å². The molecule has 1 unspecified atom stereocenters. The van der Waals surface area contributed by atoms with Gasteiger partial charge in [-0.3, -0.25) is 9.78 Å². The number of amides is 1. The fourth-order valence-corrected chi connectivity index (χ4v) is 5.05. The Labute approximate surface area is 179 Å². The smallest absolute Gasteiger partial charge is 0.341 e. The van der Waals surface area contributed by atoms with Gasteiger partial charge in [0.15, 0.2) is 5.60 Å². The zero-order valence-electron chi connectivity index (χ0n) is 17.2. The van der Waals surface area contributed by atoms with Crippen molar-refractivity contribution in [1.29, 1.82) is 0 Å². The van der Waals surface area contributed by atoms with Gasteiger partial charge in [0.2, 0.25) is 5.91 Å². The van der Waals surface area contributed by atoms with Crippen LogP contribution in [-0.2, 0) is 20.5 Å². The summed E-state index contributed by atoms with van der Waals surface area (Å²) in [4.78, 5) is 31.8. The van der Waals surface area contributed by atoms with E-state index in [0.29, 0.717) is 25.1 Å². The lowest BCUT2D eigenvalue weighted by atomic mass is 9.92. The first-order chi connectivity index (χ1) is 15.0. The van der Waals surface area contributed by atoms with Crippen LogP contribution in [0.25, 0.3) is 5.69 Å². The largest absolute Gasteiger partial charge is 0.449 e. The Morgan fingerprint density at radius 3 is 2.61 bits per heavy atom. The molecule has 2 aliphatic heterocycles. The van der Waals surface area contributed by atoms with Crippen molar-refractivity contribution in [1.82, 2.24) is 19.7 Å². The highest BCUT2D eigenvalue weighted by Crippen LogP contribution is 2.52. The van der Waals surface area contributed by atoms with Crippen LogP contribution in [0.5, 0.6) is 0 Å². The molecule has 1 aliphatic carbocycles. The number of aromatic nitrogens is 3. The first-order valence-electron chi connectivity index (χ1n) is 10.6. The molecular formula is C24H22N4O3. The third-order valence-corrected chi connectivity index (χ3v) is 6.91. The average Bonchev–Trinajstić information content (AvgIpc) is 3.17. The highest BCUT2D eigenvalue weighted by molar-refractivity contribution is 5.95. The summed E-state index contributed by atoms with van der Waals surface area (Å²) in [5.41, 5.74) is 3.15. The molecular weight excluding hydrogens is 392 g/mol. The Kier molecular flexibility index (Phi) is 3.70. The Bertz CT molecular complexity index is 1210. The van der Waals surface area contributed by atoms with Gasteiger partial charge in [0.25, 0.3) is 0 Å². The van der Waals surface area contributed by atoms with Crippen molar-refractivity contribution in [3.05, 3.63) is 77.4 Å². The van der Waals surface area contributed by atoms with Crippen LogP contribution >= 0.6 is 0 Å². The van der Waals surface area contributed by atoms with Gasteiger partial charge < -0.3 is 9.64 Å². The molecule has 0 N–H and O–H groups in total. The number of carbonyl (C=O) groups excluding carboxylic acids is 2. The molecule has 1 spiro atoms. The Hall–Kier alpha value is -3.48. The summed E-state index contributed by atoms with van der Waals surface area (Å²) < 4.78 is 7.62. The number of esters is 1. The van der Waals surface area contributed by atoms with E-state index in [0.717, 1.165) is 35.3 Å². The van der Waals surface area contributed by atoms with Crippen molar-refractivity contribution in [3.63, 3.8) is 0 Å². The Morgan fingerprint density at radius 2 is 1.90 bits per heavy atom. The lowest BCUT2D eigenvalue weighted by molar-refractivity contribution is -0.134. The fourth-order valence-electron chi connectivity index (χ4n) is 5.05. The van der Waals surface area contributed by atoms with Gasteiger partial charge in [-0.25, -0.2) is 9.48 Å². The molecule has 6 rings (SSSR count). The zero-order chi connectivity index (χ0) is 21.2. The molecule has 1 saturated heterocycles. The number of aryl methyl sites for hydroxylation is 1. The minimum atomic E-state index is -0.733. The van der Waals surface area contributed by atoms with Crippen molar-refractivity contribution in [2.75, 3.05) is 13.1 Å². The molecule has 3 aliphatic rings. The van der Waals surface area contributed by atoms with Gasteiger partial charge in [0, 0.05) is 37.1 Å². The molecule has 2 aromatic heterocycles. The molecule has 1 amide bonds. The minimum Gasteiger partial charge on any atom is -0.449 e. The molecule has 1 aromatic carbocycles. The van der Waals surface area contributed by atoms with E-state index >= 15 is 0 Å². The van der Waals surface area contributed by atoms with Crippen LogP contribution in [0.3, 0.4) is 0 Å². The number of nitrogens with zero attached hydrogens (tertiary/aromatic N) is 4. The molecule has 2 fully saturated rings. The van der Waals surface area contributed by atoms with Gasteiger partial charge in [0.1, 0.15) is 0 Å². The maximum absolute atomic E-state index is 13.6. The third kappa shape index (κ3) is 2.65. The maximum atomic E-state index is 13.6. The molecule has 4 heterocycles. The maximum Gasteiger partial charge on any atom is 0.341 e. The van der Waals surface area contributed by atoms with Crippen molar-refractivity contribution >= 4 is 11.9 Å². The summed E-state index contributed by atoms with van der Waals surface area (Å²) >= 11 is 0. The first kappa shape index (κ1) is 18.3. The predicted octanol–water partition coefficient (Wildman–Crippen LogP) is 2.91. The molecule has 31 heavy (non-hydrogen) atoms. The van der Waals surface area contributed by atoms with Crippen LogP contribution in [0.1, 0.15) is 46.4 Å². The van der Waals surface area contributed by atoms with Gasteiger partial charge in [-0.2, -0.15) is 5.10 Å². The molecule has 7 nitrogen and oxygen atoms in total. The average molecular weight is 414 g/mol. The summed E-state index contributed by atoms with van der Waals surface area (Å²) in [6, 6.07) is 11.9. The monoisotopic (exact) mass is 414 g/mol. The summed E-state index contributed by atoms with van der Waals surface area (Å²) in [5, 5.41) is 4.45. The number of ether oxygens (including phenoxy) is 1. The SMILES string of the molecule is Cc1ccn(-c2ccc(C3(C(=O)N4CCC5(C4)OC(=O)c4cnccc45)CC3)cc2)n1. The standard InChI is InChI=1S/C24H22N4O3/c1-16-7-12-28(26-16)18-4-2-17(3-5-18)23(8-9-23)22(30)27-13-10-24(15-27)20-6-11-25-14-19(20)21(29)31-24/h2-7,11-12,14H,8-10,13,15H2,1H3. The second-order valence-corrected chi connectivity index (χ2v) is 8.81. The van der Waals surface area contributed by atoms with E-state index in [1.807, 2.05) is 59.1 Å². The van der Waals surface area contributed by atoms with Crippen molar-refractivity contribution in [2.24, 2.45) is 0 Å². The summed E-state index contributed by atoms with van der Waals surface area (Å²) in [6.07, 6.45) is 7.48. The number of likely N-dealkylation sites (tertiary alicyclic amines) is 1. The van der Waals surface area contributed by atoms with Gasteiger partial charge >= 0.3 is 5.97 Å². The molecule has 1 saturated carbocycles. The molecule has 156 valence electrons. The zero-order valence-corrected chi connectivity index (χ0v) is 17.2. The molecule has 0 radical (unpaired) electrons. The Morgan fingerprint density at radius 1 is 1.10 bits per heavy atom. The quantitative estimate of drug-likeness (QED) is 0.616. The van der Waals surface area contributed by atoms with E-state index in [-0.39, 0.29) is 11.9 Å². The summed E-state index contributed by atoms with van der Waals surface area (Å²) in [7, 11) is 0. The van der Waals surface area contributed by atoms with Crippen LogP contribution in [0.2, 0.25) is 0 Å². The highest BCUT2D eigenvalue weighted by atomic mass is 16.6. The predicted molar refractivity (Wildman–Crippen MR) is 112 cm³/mol. The summed E-state index contributed by atoms with van der Waals surface area (Å²) in [5.74, 6) is -0.214. The number of rotatable bonds is 3. The first-order valence-corrected chi connectivity index (χ1v) is 10.6. The number of pyridine rings is 1. The van der Waals surface area contributed by atoms with E-state index in [1.54, 1.807) is 12.4 Å². The van der Waals surface area contributed by atoms with Crippen molar-refractivity contribution < 1.29 is 14.3 Å². The number of benzene rings is 1. The van der Waals surface area contributed by atoms with E-state index in [4.69, 9.17) is 4.74 Å². The number of fused-ring (bicyclic) bond motifs is 2. The fraction of sp³-hybridized carbons (Fsp3) is 0.333. The molecule has 7 heteroatoms. The van der Waals surface area contributed by atoms with Crippen LogP contribution in [0.15, 0.2) is 55.0 Å². The highest BCUT2D eigenvalue weighted by Gasteiger charge is 2.57. The summed E-state index contributed by atoms with van der Waals surface area (Å²) in [6.45, 7) is 2.95. The van der Waals surface area contributed by atoms with Gasteiger partial charge in [-0.15, -0.1) is 0 Å². The van der Waals surface area contributed by atoms with E-state index in [1.165, 1.54) is 0 Å². The second kappa shape index (κ2) is 6.26. The lowest BCUT2D eigenvalue weighted by Gasteiger charge is -2.27. The van der Waals surface area contributed by atoms with E-state index in [2.05, 4.69) is 10.1 Å². The molecule has 0 bridgehead atoms. The normalized spacial score (nSPS) is 23.1. The minimum absolute atomic E-state index is 0.130.